The molecule has 24 heavy (non-hydrogen) atoms. The van der Waals surface area contributed by atoms with Crippen LogP contribution in [0.3, 0.4) is 0 Å². The van der Waals surface area contributed by atoms with Crippen LogP contribution < -0.4 is 5.32 Å². The molecule has 2 N–H and O–H groups in total. The molecule has 0 radical (unpaired) electrons. The molecule has 0 saturated heterocycles. The van der Waals surface area contributed by atoms with Crippen molar-refractivity contribution in [2.24, 2.45) is 0 Å². The molecular formula is C21H18N2O. The molecule has 0 amide bonds. The first kappa shape index (κ1) is 14.5. The predicted molar refractivity (Wildman–Crippen MR) is 99.5 cm³/mol. The number of hydrogen-bond acceptors (Lipinski definition) is 3. The summed E-state index contributed by atoms with van der Waals surface area (Å²) in [5.41, 5.74) is 4.23. The van der Waals surface area contributed by atoms with Crippen LogP contribution in [0.4, 0.5) is 5.69 Å². The second kappa shape index (κ2) is 6.20. The van der Waals surface area contributed by atoms with Gasteiger partial charge in [-0.15, -0.1) is 0 Å². The van der Waals surface area contributed by atoms with Gasteiger partial charge in [0.05, 0.1) is 16.7 Å². The van der Waals surface area contributed by atoms with E-state index in [4.69, 9.17) is 4.98 Å². The van der Waals surface area contributed by atoms with Gasteiger partial charge in [-0.2, -0.15) is 0 Å². The van der Waals surface area contributed by atoms with Crippen LogP contribution in [0.1, 0.15) is 5.56 Å². The molecule has 0 unspecified atom stereocenters. The molecule has 0 aliphatic heterocycles. The summed E-state index contributed by atoms with van der Waals surface area (Å²) in [6.07, 6.45) is 0.847. The molecule has 0 aliphatic carbocycles. The second-order valence-electron chi connectivity index (χ2n) is 5.87. The van der Waals surface area contributed by atoms with E-state index in [1.807, 2.05) is 54.6 Å². The third kappa shape index (κ3) is 2.76. The zero-order valence-electron chi connectivity index (χ0n) is 13.2. The van der Waals surface area contributed by atoms with Gasteiger partial charge in [-0.05, 0) is 36.2 Å². The van der Waals surface area contributed by atoms with E-state index in [0.717, 1.165) is 46.0 Å². The molecule has 1 aromatic heterocycles. The van der Waals surface area contributed by atoms with Crippen LogP contribution in [-0.2, 0) is 6.42 Å². The average Bonchev–Trinajstić information content (AvgIpc) is 2.61. The minimum atomic E-state index is 0.312. The number of hydrogen-bond donors (Lipinski definition) is 2. The summed E-state index contributed by atoms with van der Waals surface area (Å²) in [7, 11) is 0. The number of phenolic OH excluding ortho intramolecular Hbond substituents is 1. The molecule has 0 saturated carbocycles. The van der Waals surface area contributed by atoms with Gasteiger partial charge in [-0.3, -0.25) is 0 Å². The van der Waals surface area contributed by atoms with E-state index >= 15 is 0 Å². The van der Waals surface area contributed by atoms with Gasteiger partial charge in [0.15, 0.2) is 0 Å². The van der Waals surface area contributed by atoms with Gasteiger partial charge in [0, 0.05) is 17.3 Å². The zero-order valence-corrected chi connectivity index (χ0v) is 13.2. The Morgan fingerprint density at radius 3 is 2.12 bits per heavy atom. The van der Waals surface area contributed by atoms with E-state index in [2.05, 4.69) is 17.4 Å². The molecule has 0 bridgehead atoms. The molecular weight excluding hydrogens is 296 g/mol. The Morgan fingerprint density at radius 1 is 0.792 bits per heavy atom. The summed E-state index contributed by atoms with van der Waals surface area (Å²) in [6.45, 7) is 0.793. The fourth-order valence-electron chi connectivity index (χ4n) is 3.07. The van der Waals surface area contributed by atoms with E-state index in [0.29, 0.717) is 5.75 Å². The zero-order chi connectivity index (χ0) is 16.4. The Hall–Kier alpha value is -3.07. The van der Waals surface area contributed by atoms with E-state index < -0.39 is 0 Å². The first-order valence-corrected chi connectivity index (χ1v) is 8.10. The largest absolute Gasteiger partial charge is 0.508 e. The molecule has 1 heterocycles. The van der Waals surface area contributed by atoms with Crippen molar-refractivity contribution in [1.29, 1.82) is 0 Å². The van der Waals surface area contributed by atoms with Gasteiger partial charge in [-0.1, -0.05) is 48.5 Å². The van der Waals surface area contributed by atoms with Crippen LogP contribution in [0, 0.1) is 0 Å². The van der Waals surface area contributed by atoms with Crippen LogP contribution in [0.5, 0.6) is 5.75 Å². The highest BCUT2D eigenvalue weighted by Crippen LogP contribution is 2.30. The lowest BCUT2D eigenvalue weighted by molar-refractivity contribution is 0.474. The van der Waals surface area contributed by atoms with Crippen LogP contribution in [0.2, 0.25) is 0 Å². The summed E-state index contributed by atoms with van der Waals surface area (Å²) in [6, 6.07) is 23.8. The number of nitrogens with one attached hydrogen (secondary N) is 1. The number of para-hydroxylation sites is 2. The molecule has 0 atom stereocenters. The molecule has 3 aromatic carbocycles. The first-order valence-electron chi connectivity index (χ1n) is 8.10. The summed E-state index contributed by atoms with van der Waals surface area (Å²) in [5, 5.41) is 15.4. The van der Waals surface area contributed by atoms with Gasteiger partial charge in [0.2, 0.25) is 0 Å². The smallest absolute Gasteiger partial charge is 0.115 e. The molecule has 0 aliphatic rings. The van der Waals surface area contributed by atoms with Crippen LogP contribution >= 0.6 is 0 Å². The topological polar surface area (TPSA) is 45.1 Å². The summed E-state index contributed by atoms with van der Waals surface area (Å²) < 4.78 is 0. The van der Waals surface area contributed by atoms with Crippen LogP contribution in [-0.4, -0.2) is 16.6 Å². The maximum Gasteiger partial charge on any atom is 0.115 e. The monoisotopic (exact) mass is 314 g/mol. The number of pyridine rings is 1. The third-order valence-corrected chi connectivity index (χ3v) is 4.21. The minimum Gasteiger partial charge on any atom is -0.508 e. The molecule has 4 aromatic rings. The lowest BCUT2D eigenvalue weighted by Gasteiger charge is -2.13. The molecule has 0 spiro atoms. The third-order valence-electron chi connectivity index (χ3n) is 4.21. The van der Waals surface area contributed by atoms with Gasteiger partial charge >= 0.3 is 0 Å². The van der Waals surface area contributed by atoms with Crippen molar-refractivity contribution in [3.63, 3.8) is 0 Å². The SMILES string of the molecule is Oc1cccc(CCNc2c3ccccc3nc3ccccc23)c1. The lowest BCUT2D eigenvalue weighted by atomic mass is 10.1. The number of nitrogens with zero attached hydrogens (tertiary/aromatic N) is 1. The molecule has 3 nitrogen and oxygen atoms in total. The second-order valence-corrected chi connectivity index (χ2v) is 5.87. The first-order chi connectivity index (χ1) is 11.8. The fourth-order valence-corrected chi connectivity index (χ4v) is 3.07. The number of anilines is 1. The van der Waals surface area contributed by atoms with Crippen molar-refractivity contribution in [1.82, 2.24) is 4.98 Å². The fraction of sp³-hybridized carbons (Fsp3) is 0.0952. The summed E-state index contributed by atoms with van der Waals surface area (Å²) in [4.78, 5) is 4.74. The summed E-state index contributed by atoms with van der Waals surface area (Å²) in [5.74, 6) is 0.312. The van der Waals surface area contributed by atoms with E-state index in [1.54, 1.807) is 6.07 Å². The highest BCUT2D eigenvalue weighted by atomic mass is 16.3. The number of benzene rings is 3. The predicted octanol–water partition coefficient (Wildman–Crippen LogP) is 4.75. The maximum absolute atomic E-state index is 9.58. The molecule has 3 heteroatoms. The van der Waals surface area contributed by atoms with Gasteiger partial charge in [-0.25, -0.2) is 4.98 Å². The van der Waals surface area contributed by atoms with Crippen LogP contribution in [0.25, 0.3) is 21.8 Å². The van der Waals surface area contributed by atoms with Crippen molar-refractivity contribution in [2.75, 3.05) is 11.9 Å². The summed E-state index contributed by atoms with van der Waals surface area (Å²) >= 11 is 0. The molecule has 0 fully saturated rings. The van der Waals surface area contributed by atoms with E-state index in [9.17, 15) is 5.11 Å². The maximum atomic E-state index is 9.58. The standard InChI is InChI=1S/C21H18N2O/c24-16-7-5-6-15(14-16)12-13-22-21-17-8-1-3-10-19(17)23-20-11-4-2-9-18(20)21/h1-11,14,24H,12-13H2,(H,22,23). The molecule has 118 valence electrons. The Balaban J connectivity index is 1.68. The Morgan fingerprint density at radius 2 is 1.46 bits per heavy atom. The average molecular weight is 314 g/mol. The van der Waals surface area contributed by atoms with Gasteiger partial charge in [0.25, 0.3) is 0 Å². The van der Waals surface area contributed by atoms with Crippen molar-refractivity contribution in [3.05, 3.63) is 78.4 Å². The number of fused-ring (bicyclic) bond motifs is 2. The Labute approximate surface area is 140 Å². The van der Waals surface area contributed by atoms with Crippen LogP contribution in [0.15, 0.2) is 72.8 Å². The molecule has 4 rings (SSSR count). The van der Waals surface area contributed by atoms with Crippen molar-refractivity contribution < 1.29 is 5.11 Å². The number of aromatic nitrogens is 1. The Kier molecular flexibility index (Phi) is 3.75. The highest BCUT2D eigenvalue weighted by Gasteiger charge is 2.08. The van der Waals surface area contributed by atoms with Gasteiger partial charge < -0.3 is 10.4 Å². The number of aromatic hydroxyl groups is 1. The number of rotatable bonds is 4. The lowest BCUT2D eigenvalue weighted by Crippen LogP contribution is -2.06. The van der Waals surface area contributed by atoms with Crippen molar-refractivity contribution in [3.8, 4) is 5.75 Å². The highest BCUT2D eigenvalue weighted by molar-refractivity contribution is 6.07. The minimum absolute atomic E-state index is 0.312. The normalized spacial score (nSPS) is 11.0. The Bertz CT molecular complexity index is 957. The van der Waals surface area contributed by atoms with Crippen molar-refractivity contribution >= 4 is 27.5 Å². The quantitative estimate of drug-likeness (QED) is 0.534. The van der Waals surface area contributed by atoms with E-state index in [1.165, 1.54) is 0 Å². The van der Waals surface area contributed by atoms with Crippen molar-refractivity contribution in [2.45, 2.75) is 6.42 Å². The number of phenols is 1. The van der Waals surface area contributed by atoms with Gasteiger partial charge in [0.1, 0.15) is 5.75 Å². The van der Waals surface area contributed by atoms with E-state index in [-0.39, 0.29) is 0 Å².